The summed E-state index contributed by atoms with van der Waals surface area (Å²) in [6.07, 6.45) is 1.87. The van der Waals surface area contributed by atoms with Crippen molar-refractivity contribution in [1.82, 2.24) is 9.97 Å². The van der Waals surface area contributed by atoms with E-state index in [0.29, 0.717) is 16.5 Å². The fraction of sp³-hybridized carbons (Fsp3) is 0.500. The summed E-state index contributed by atoms with van der Waals surface area (Å²) in [5, 5.41) is 9.70. The Morgan fingerprint density at radius 2 is 2.00 bits per heavy atom. The van der Waals surface area contributed by atoms with E-state index in [9.17, 15) is 4.79 Å². The van der Waals surface area contributed by atoms with Crippen LogP contribution in [0, 0.1) is 6.92 Å². The first-order chi connectivity index (χ1) is 6.97. The van der Waals surface area contributed by atoms with Gasteiger partial charge in [-0.1, -0.05) is 25.6 Å². The predicted molar refractivity (Wildman–Crippen MR) is 59.6 cm³/mol. The summed E-state index contributed by atoms with van der Waals surface area (Å²) in [6.45, 7) is 5.56. The number of aromatic carboxylic acids is 1. The van der Waals surface area contributed by atoms with Crippen LogP contribution in [0.1, 0.15) is 41.5 Å². The molecule has 0 bridgehead atoms. The highest BCUT2D eigenvalue weighted by atomic mass is 32.2. The first kappa shape index (κ1) is 12.0. The van der Waals surface area contributed by atoms with E-state index in [0.717, 1.165) is 0 Å². The summed E-state index contributed by atoms with van der Waals surface area (Å²) in [7, 11) is 0. The highest BCUT2D eigenvalue weighted by molar-refractivity contribution is 7.98. The smallest absolute Gasteiger partial charge is 0.339 e. The number of nitrogens with zero attached hydrogens (tertiary/aromatic N) is 2. The minimum Gasteiger partial charge on any atom is -0.478 e. The van der Waals surface area contributed by atoms with Crippen molar-refractivity contribution in [2.24, 2.45) is 0 Å². The topological polar surface area (TPSA) is 63.1 Å². The Morgan fingerprint density at radius 3 is 2.40 bits per heavy atom. The molecular weight excluding hydrogens is 212 g/mol. The third-order valence-corrected chi connectivity index (χ3v) is 2.59. The van der Waals surface area contributed by atoms with Crippen LogP contribution in [-0.2, 0) is 0 Å². The van der Waals surface area contributed by atoms with E-state index >= 15 is 0 Å². The second kappa shape index (κ2) is 4.61. The summed E-state index contributed by atoms with van der Waals surface area (Å²) < 4.78 is 0. The molecule has 82 valence electrons. The van der Waals surface area contributed by atoms with Crippen LogP contribution < -0.4 is 0 Å². The lowest BCUT2D eigenvalue weighted by Gasteiger charge is -2.11. The molecule has 0 fully saturated rings. The standard InChI is InChI=1S/C10H14N2O2S/c1-5(2)8-7(9(13)14)6(3)11-10(12-8)15-4/h5H,1-4H3,(H,13,14). The van der Waals surface area contributed by atoms with Crippen LogP contribution in [0.15, 0.2) is 5.16 Å². The van der Waals surface area contributed by atoms with E-state index in [-0.39, 0.29) is 11.5 Å². The molecule has 0 aliphatic carbocycles. The highest BCUT2D eigenvalue weighted by Crippen LogP contribution is 2.22. The second-order valence-corrected chi connectivity index (χ2v) is 4.29. The summed E-state index contributed by atoms with van der Waals surface area (Å²) in [5.41, 5.74) is 1.38. The Morgan fingerprint density at radius 1 is 1.40 bits per heavy atom. The van der Waals surface area contributed by atoms with Gasteiger partial charge in [-0.2, -0.15) is 0 Å². The molecule has 1 aromatic rings. The van der Waals surface area contributed by atoms with Crippen LogP contribution in [-0.4, -0.2) is 27.3 Å². The van der Waals surface area contributed by atoms with Gasteiger partial charge in [0.05, 0.1) is 11.4 Å². The van der Waals surface area contributed by atoms with E-state index in [1.165, 1.54) is 11.8 Å². The Bertz CT molecular complexity index is 391. The van der Waals surface area contributed by atoms with E-state index < -0.39 is 5.97 Å². The number of carbonyl (C=O) groups is 1. The number of rotatable bonds is 3. The second-order valence-electron chi connectivity index (χ2n) is 3.52. The summed E-state index contributed by atoms with van der Waals surface area (Å²) in [5.74, 6) is -0.868. The van der Waals surface area contributed by atoms with Gasteiger partial charge in [0.25, 0.3) is 0 Å². The molecule has 0 amide bonds. The monoisotopic (exact) mass is 226 g/mol. The van der Waals surface area contributed by atoms with Gasteiger partial charge in [-0.15, -0.1) is 0 Å². The SMILES string of the molecule is CSc1nc(C)c(C(=O)O)c(C(C)C)n1. The maximum Gasteiger partial charge on any atom is 0.339 e. The van der Waals surface area contributed by atoms with Gasteiger partial charge in [0, 0.05) is 0 Å². The van der Waals surface area contributed by atoms with Crippen molar-refractivity contribution in [3.8, 4) is 0 Å². The van der Waals surface area contributed by atoms with Gasteiger partial charge >= 0.3 is 5.97 Å². The number of aryl methyl sites for hydroxylation is 1. The van der Waals surface area contributed by atoms with Gasteiger partial charge in [0.1, 0.15) is 5.56 Å². The van der Waals surface area contributed by atoms with Crippen LogP contribution in [0.4, 0.5) is 0 Å². The largest absolute Gasteiger partial charge is 0.478 e. The zero-order chi connectivity index (χ0) is 11.6. The number of hydrogen-bond donors (Lipinski definition) is 1. The Kier molecular flexibility index (Phi) is 3.68. The molecule has 0 radical (unpaired) electrons. The number of thioether (sulfide) groups is 1. The molecule has 0 spiro atoms. The number of carboxylic acids is 1. The predicted octanol–water partition coefficient (Wildman–Crippen LogP) is 2.33. The molecule has 4 nitrogen and oxygen atoms in total. The number of hydrogen-bond acceptors (Lipinski definition) is 4. The minimum atomic E-state index is -0.955. The first-order valence-electron chi connectivity index (χ1n) is 4.63. The average Bonchev–Trinajstić information content (AvgIpc) is 2.15. The lowest BCUT2D eigenvalue weighted by molar-refractivity contribution is 0.0693. The first-order valence-corrected chi connectivity index (χ1v) is 5.85. The van der Waals surface area contributed by atoms with Gasteiger partial charge in [-0.3, -0.25) is 0 Å². The van der Waals surface area contributed by atoms with E-state index in [4.69, 9.17) is 5.11 Å². The van der Waals surface area contributed by atoms with Crippen molar-refractivity contribution >= 4 is 17.7 Å². The summed E-state index contributed by atoms with van der Waals surface area (Å²) in [4.78, 5) is 19.4. The van der Waals surface area contributed by atoms with Crippen molar-refractivity contribution in [3.63, 3.8) is 0 Å². The molecule has 0 saturated heterocycles. The van der Waals surface area contributed by atoms with Gasteiger partial charge in [-0.05, 0) is 19.1 Å². The Hall–Kier alpha value is -1.10. The van der Waals surface area contributed by atoms with Gasteiger partial charge in [0.15, 0.2) is 5.16 Å². The van der Waals surface area contributed by atoms with Crippen LogP contribution in [0.5, 0.6) is 0 Å². The number of aromatic nitrogens is 2. The van der Waals surface area contributed by atoms with Crippen molar-refractivity contribution in [3.05, 3.63) is 17.0 Å². The zero-order valence-electron chi connectivity index (χ0n) is 9.24. The normalized spacial score (nSPS) is 10.7. The average molecular weight is 226 g/mol. The zero-order valence-corrected chi connectivity index (χ0v) is 10.1. The molecule has 5 heteroatoms. The van der Waals surface area contributed by atoms with Crippen molar-refractivity contribution in [2.75, 3.05) is 6.26 Å². The third kappa shape index (κ3) is 2.47. The highest BCUT2D eigenvalue weighted by Gasteiger charge is 2.19. The molecule has 1 rings (SSSR count). The molecular formula is C10H14N2O2S. The van der Waals surface area contributed by atoms with Gasteiger partial charge < -0.3 is 5.11 Å². The van der Waals surface area contributed by atoms with E-state index in [1.807, 2.05) is 20.1 Å². The summed E-state index contributed by atoms with van der Waals surface area (Å²) in [6, 6.07) is 0. The fourth-order valence-corrected chi connectivity index (χ4v) is 1.76. The maximum absolute atomic E-state index is 11.1. The molecule has 15 heavy (non-hydrogen) atoms. The maximum atomic E-state index is 11.1. The van der Waals surface area contributed by atoms with Crippen molar-refractivity contribution in [1.29, 1.82) is 0 Å². The van der Waals surface area contributed by atoms with E-state index in [2.05, 4.69) is 9.97 Å². The van der Waals surface area contributed by atoms with Crippen molar-refractivity contribution in [2.45, 2.75) is 31.8 Å². The lowest BCUT2D eigenvalue weighted by atomic mass is 10.0. The van der Waals surface area contributed by atoms with Crippen molar-refractivity contribution < 1.29 is 9.90 Å². The molecule has 0 saturated carbocycles. The molecule has 1 aromatic heterocycles. The molecule has 0 atom stereocenters. The molecule has 0 aliphatic rings. The molecule has 1 heterocycles. The van der Waals surface area contributed by atoms with Gasteiger partial charge in [0.2, 0.25) is 0 Å². The van der Waals surface area contributed by atoms with Gasteiger partial charge in [-0.25, -0.2) is 14.8 Å². The fourth-order valence-electron chi connectivity index (χ4n) is 1.34. The van der Waals surface area contributed by atoms with Crippen LogP contribution in [0.25, 0.3) is 0 Å². The molecule has 1 N–H and O–H groups in total. The molecule has 0 aromatic carbocycles. The third-order valence-electron chi connectivity index (χ3n) is 2.04. The van der Waals surface area contributed by atoms with Crippen LogP contribution in [0.3, 0.4) is 0 Å². The lowest BCUT2D eigenvalue weighted by Crippen LogP contribution is -2.11. The number of carboxylic acid groups (broad SMARTS) is 1. The molecule has 0 aliphatic heterocycles. The minimum absolute atomic E-state index is 0.0868. The quantitative estimate of drug-likeness (QED) is 0.633. The Balaban J connectivity index is 3.42. The van der Waals surface area contributed by atoms with Crippen LogP contribution >= 0.6 is 11.8 Å². The molecule has 0 unspecified atom stereocenters. The van der Waals surface area contributed by atoms with E-state index in [1.54, 1.807) is 6.92 Å². The summed E-state index contributed by atoms with van der Waals surface area (Å²) >= 11 is 1.42. The van der Waals surface area contributed by atoms with Crippen LogP contribution in [0.2, 0.25) is 0 Å². The Labute approximate surface area is 93.1 Å².